The van der Waals surface area contributed by atoms with Crippen LogP contribution in [0.4, 0.5) is 5.69 Å². The predicted octanol–water partition coefficient (Wildman–Crippen LogP) is 3.11. The Balaban J connectivity index is 2.09. The summed E-state index contributed by atoms with van der Waals surface area (Å²) < 4.78 is 5.76. The number of aromatic nitrogens is 1. The third-order valence-electron chi connectivity index (χ3n) is 2.34. The topological polar surface area (TPSA) is 51.2 Å². The lowest BCUT2D eigenvalue weighted by Gasteiger charge is -2.05. The van der Waals surface area contributed by atoms with Gasteiger partial charge in [-0.15, -0.1) is 0 Å². The second-order valence-corrected chi connectivity index (χ2v) is 4.36. The molecule has 1 aromatic carbocycles. The molecule has 0 bridgehead atoms. The zero-order valence-electron chi connectivity index (χ0n) is 9.68. The maximum atomic E-state index is 11.9. The van der Waals surface area contributed by atoms with E-state index in [2.05, 4.69) is 26.2 Å². The maximum Gasteiger partial charge on any atom is 0.255 e. The lowest BCUT2D eigenvalue weighted by Crippen LogP contribution is -2.11. The van der Waals surface area contributed by atoms with E-state index in [0.717, 1.165) is 10.4 Å². The van der Waals surface area contributed by atoms with Crippen LogP contribution in [0.3, 0.4) is 0 Å². The van der Waals surface area contributed by atoms with Crippen molar-refractivity contribution in [2.24, 2.45) is 0 Å². The summed E-state index contributed by atoms with van der Waals surface area (Å²) in [7, 11) is 1.59. The molecule has 18 heavy (non-hydrogen) atoms. The molecule has 0 saturated heterocycles. The number of carbonyl (C=O) groups excluding carboxylic acids is 1. The number of halogens is 1. The van der Waals surface area contributed by atoms with Crippen LogP contribution in [-0.2, 0) is 0 Å². The smallest absolute Gasteiger partial charge is 0.255 e. The van der Waals surface area contributed by atoms with E-state index in [1.165, 1.54) is 0 Å². The Labute approximate surface area is 113 Å². The first-order valence-corrected chi connectivity index (χ1v) is 6.05. The monoisotopic (exact) mass is 306 g/mol. The van der Waals surface area contributed by atoms with Crippen LogP contribution < -0.4 is 10.1 Å². The van der Waals surface area contributed by atoms with E-state index in [9.17, 15) is 4.79 Å². The summed E-state index contributed by atoms with van der Waals surface area (Å²) in [6.07, 6.45) is 1.59. The molecule has 0 unspecified atom stereocenters. The van der Waals surface area contributed by atoms with Gasteiger partial charge in [0, 0.05) is 5.56 Å². The molecule has 4 nitrogen and oxygen atoms in total. The molecule has 0 fully saturated rings. The van der Waals surface area contributed by atoms with Gasteiger partial charge in [-0.25, -0.2) is 4.98 Å². The van der Waals surface area contributed by atoms with Gasteiger partial charge in [-0.2, -0.15) is 0 Å². The fourth-order valence-electron chi connectivity index (χ4n) is 1.40. The van der Waals surface area contributed by atoms with E-state index in [1.54, 1.807) is 49.7 Å². The van der Waals surface area contributed by atoms with Crippen LogP contribution in [0, 0.1) is 0 Å². The Morgan fingerprint density at radius 3 is 2.50 bits per heavy atom. The van der Waals surface area contributed by atoms with Crippen LogP contribution in [0.25, 0.3) is 0 Å². The number of hydrogen-bond donors (Lipinski definition) is 1. The van der Waals surface area contributed by atoms with Gasteiger partial charge >= 0.3 is 0 Å². The molecule has 0 saturated carbocycles. The number of nitrogens with one attached hydrogen (secondary N) is 1. The summed E-state index contributed by atoms with van der Waals surface area (Å²) in [5.41, 5.74) is 1.22. The molecule has 1 N–H and O–H groups in total. The van der Waals surface area contributed by atoms with Crippen molar-refractivity contribution >= 4 is 27.5 Å². The van der Waals surface area contributed by atoms with Crippen LogP contribution in [0.1, 0.15) is 10.4 Å². The summed E-state index contributed by atoms with van der Waals surface area (Å²) >= 11 is 3.23. The average Bonchev–Trinajstić information content (AvgIpc) is 2.41. The van der Waals surface area contributed by atoms with Gasteiger partial charge in [-0.05, 0) is 52.3 Å². The van der Waals surface area contributed by atoms with E-state index >= 15 is 0 Å². The molecule has 1 aromatic heterocycles. The number of hydrogen-bond acceptors (Lipinski definition) is 3. The second kappa shape index (κ2) is 5.64. The summed E-state index contributed by atoms with van der Waals surface area (Å²) in [5.74, 6) is 0.540. The number of ether oxygens (including phenoxy) is 1. The number of pyridine rings is 1. The molecule has 0 atom stereocenters. The Bertz CT molecular complexity index is 538. The minimum atomic E-state index is -0.179. The van der Waals surface area contributed by atoms with Crippen molar-refractivity contribution in [2.75, 3.05) is 12.4 Å². The number of anilines is 1. The first-order valence-electron chi connectivity index (χ1n) is 5.26. The highest BCUT2D eigenvalue weighted by atomic mass is 79.9. The number of nitrogens with zero attached hydrogens (tertiary/aromatic N) is 1. The largest absolute Gasteiger partial charge is 0.497 e. The van der Waals surface area contributed by atoms with E-state index in [1.807, 2.05) is 0 Å². The number of amides is 1. The summed E-state index contributed by atoms with van der Waals surface area (Å²) in [4.78, 5) is 15.9. The highest BCUT2D eigenvalue weighted by Crippen LogP contribution is 2.14. The number of rotatable bonds is 3. The molecule has 2 aromatic rings. The van der Waals surface area contributed by atoms with Gasteiger partial charge in [0.2, 0.25) is 0 Å². The Morgan fingerprint density at radius 1 is 1.22 bits per heavy atom. The molecule has 1 heterocycles. The van der Waals surface area contributed by atoms with Gasteiger partial charge in [0.1, 0.15) is 10.4 Å². The molecular formula is C13H11BrN2O2. The second-order valence-electron chi connectivity index (χ2n) is 3.55. The summed E-state index contributed by atoms with van der Waals surface area (Å²) in [6.45, 7) is 0. The molecule has 0 spiro atoms. The quantitative estimate of drug-likeness (QED) is 0.887. The van der Waals surface area contributed by atoms with Crippen molar-refractivity contribution < 1.29 is 9.53 Å². The Hall–Kier alpha value is -1.88. The van der Waals surface area contributed by atoms with E-state index in [-0.39, 0.29) is 5.91 Å². The van der Waals surface area contributed by atoms with E-state index < -0.39 is 0 Å². The minimum Gasteiger partial charge on any atom is -0.497 e. The van der Waals surface area contributed by atoms with E-state index in [4.69, 9.17) is 4.74 Å². The minimum absolute atomic E-state index is 0.179. The highest BCUT2D eigenvalue weighted by Gasteiger charge is 2.06. The molecule has 1 amide bonds. The fraction of sp³-hybridized carbons (Fsp3) is 0.0769. The molecule has 5 heteroatoms. The number of carbonyl (C=O) groups is 1. The summed E-state index contributed by atoms with van der Waals surface area (Å²) in [6, 6.07) is 10.5. The van der Waals surface area contributed by atoms with Crippen molar-refractivity contribution in [1.29, 1.82) is 0 Å². The molecule has 92 valence electrons. The van der Waals surface area contributed by atoms with Gasteiger partial charge in [0.15, 0.2) is 0 Å². The highest BCUT2D eigenvalue weighted by molar-refractivity contribution is 9.10. The lowest BCUT2D eigenvalue weighted by molar-refractivity contribution is 0.102. The third kappa shape index (κ3) is 3.07. The first kappa shape index (κ1) is 12.6. The van der Waals surface area contributed by atoms with Crippen molar-refractivity contribution in [3.8, 4) is 5.75 Å². The van der Waals surface area contributed by atoms with Crippen LogP contribution >= 0.6 is 15.9 Å². The molecule has 2 rings (SSSR count). The van der Waals surface area contributed by atoms with Gasteiger partial charge in [0.05, 0.1) is 19.0 Å². The first-order chi connectivity index (χ1) is 8.69. The van der Waals surface area contributed by atoms with Gasteiger partial charge in [-0.1, -0.05) is 0 Å². The SMILES string of the molecule is COc1ccc(C(=O)Nc2ccc(Br)nc2)cc1. The van der Waals surface area contributed by atoms with Crippen molar-refractivity contribution in [3.05, 3.63) is 52.8 Å². The molecular weight excluding hydrogens is 296 g/mol. The normalized spacial score (nSPS) is 9.89. The number of methoxy groups -OCH3 is 1. The maximum absolute atomic E-state index is 11.9. The molecule has 0 aliphatic carbocycles. The lowest BCUT2D eigenvalue weighted by atomic mass is 10.2. The molecule has 0 radical (unpaired) electrons. The van der Waals surface area contributed by atoms with Crippen LogP contribution in [-0.4, -0.2) is 18.0 Å². The zero-order valence-corrected chi connectivity index (χ0v) is 11.3. The van der Waals surface area contributed by atoms with Crippen LogP contribution in [0.15, 0.2) is 47.2 Å². The van der Waals surface area contributed by atoms with Gasteiger partial charge in [0.25, 0.3) is 5.91 Å². The Kier molecular flexibility index (Phi) is 3.94. The van der Waals surface area contributed by atoms with Crippen molar-refractivity contribution in [1.82, 2.24) is 4.98 Å². The predicted molar refractivity (Wildman–Crippen MR) is 72.9 cm³/mol. The Morgan fingerprint density at radius 2 is 1.94 bits per heavy atom. The molecule has 0 aliphatic heterocycles. The third-order valence-corrected chi connectivity index (χ3v) is 2.81. The summed E-state index contributed by atoms with van der Waals surface area (Å²) in [5, 5.41) is 2.76. The van der Waals surface area contributed by atoms with Gasteiger partial charge < -0.3 is 10.1 Å². The standard InChI is InChI=1S/C13H11BrN2O2/c1-18-11-5-2-9(3-6-11)13(17)16-10-4-7-12(14)15-8-10/h2-8H,1H3,(H,16,17). The van der Waals surface area contributed by atoms with Gasteiger partial charge in [-0.3, -0.25) is 4.79 Å². The fourth-order valence-corrected chi connectivity index (χ4v) is 1.63. The van der Waals surface area contributed by atoms with Crippen molar-refractivity contribution in [2.45, 2.75) is 0 Å². The average molecular weight is 307 g/mol. The zero-order chi connectivity index (χ0) is 13.0. The number of benzene rings is 1. The van der Waals surface area contributed by atoms with Crippen LogP contribution in [0.5, 0.6) is 5.75 Å². The van der Waals surface area contributed by atoms with E-state index in [0.29, 0.717) is 11.3 Å². The van der Waals surface area contributed by atoms with Crippen molar-refractivity contribution in [3.63, 3.8) is 0 Å². The molecule has 0 aliphatic rings. The van der Waals surface area contributed by atoms with Crippen LogP contribution in [0.2, 0.25) is 0 Å².